The zero-order chi connectivity index (χ0) is 15.9. The lowest BCUT2D eigenvalue weighted by atomic mass is 8.58. The van der Waals surface area contributed by atoms with E-state index in [0.29, 0.717) is 6.29 Å². The number of rotatable bonds is 4. The molecule has 0 N–H and O–H groups in total. The Bertz CT molecular complexity index is 407. The molecular formula is C8H7B10FO. The van der Waals surface area contributed by atoms with Gasteiger partial charge < -0.3 is 0 Å². The predicted octanol–water partition coefficient (Wildman–Crippen LogP) is -1.86. The third-order valence-electron chi connectivity index (χ3n) is 2.62. The van der Waals surface area contributed by atoms with E-state index in [1.165, 1.54) is 12.1 Å². The van der Waals surface area contributed by atoms with Crippen LogP contribution in [0.25, 0.3) is 0 Å². The van der Waals surface area contributed by atoms with Gasteiger partial charge in [0.15, 0.2) is 6.29 Å². The van der Waals surface area contributed by atoms with Gasteiger partial charge in [-0.3, -0.25) is 4.79 Å². The van der Waals surface area contributed by atoms with Crippen molar-refractivity contribution in [2.75, 3.05) is 0 Å². The lowest BCUT2D eigenvalue weighted by molar-refractivity contribution is 0.112. The molecule has 1 rings (SSSR count). The quantitative estimate of drug-likeness (QED) is 0.450. The zero-order valence-electron chi connectivity index (χ0n) is 11.4. The summed E-state index contributed by atoms with van der Waals surface area (Å²) in [6, 6.07) is 4.51. The molecule has 0 aliphatic heterocycles. The van der Waals surface area contributed by atoms with Crippen LogP contribution in [0.2, 0.25) is 0 Å². The average molecular weight is 246 g/mol. The number of carbonyl (C=O) groups is 1. The minimum atomic E-state index is -0.667. The Morgan fingerprint density at radius 3 is 1.70 bits per heavy atom. The number of benzene rings is 1. The number of hydrogen-bond donors (Lipinski definition) is 0. The molecule has 1 aromatic carbocycles. The van der Waals surface area contributed by atoms with Crippen molar-refractivity contribution in [1.29, 1.82) is 0 Å². The van der Waals surface area contributed by atoms with Gasteiger partial charge in [-0.25, -0.2) is 4.39 Å². The van der Waals surface area contributed by atoms with Gasteiger partial charge in [0.2, 0.25) is 0 Å². The molecule has 0 fully saturated rings. The molecule has 0 bridgehead atoms. The topological polar surface area (TPSA) is 17.1 Å². The summed E-state index contributed by atoms with van der Waals surface area (Å²) in [5, 5.41) is 0. The monoisotopic (exact) mass is 248 g/mol. The highest BCUT2D eigenvalue weighted by molar-refractivity contribution is 8.00. The van der Waals surface area contributed by atoms with E-state index in [2.05, 4.69) is 0 Å². The first-order valence-corrected chi connectivity index (χ1v) is 5.95. The number of aldehydes is 1. The lowest BCUT2D eigenvalue weighted by Crippen LogP contribution is -2.62. The maximum atomic E-state index is 12.6. The van der Waals surface area contributed by atoms with Gasteiger partial charge in [0.1, 0.15) is 5.82 Å². The molecule has 1 aromatic rings. The van der Waals surface area contributed by atoms with Crippen LogP contribution in [0, 0.1) is 12.7 Å². The summed E-state index contributed by atoms with van der Waals surface area (Å²) in [5.74, 6) is -0.449. The van der Waals surface area contributed by atoms with Crippen LogP contribution in [0.15, 0.2) is 18.2 Å². The largest absolute Gasteiger partial charge is 0.298 e. The molecular weight excluding hydrogens is 239 g/mol. The van der Waals surface area contributed by atoms with Crippen LogP contribution >= 0.6 is 0 Å². The molecule has 0 amide bonds. The van der Waals surface area contributed by atoms with Crippen molar-refractivity contribution >= 4 is 78.2 Å². The first-order chi connectivity index (χ1) is 9.20. The second kappa shape index (κ2) is 9.41. The molecule has 12 radical (unpaired) electrons. The van der Waals surface area contributed by atoms with Gasteiger partial charge in [-0.15, -0.1) is 0 Å². The highest BCUT2D eigenvalue weighted by Gasteiger charge is 2.24. The molecule has 12 heteroatoms. The lowest BCUT2D eigenvalue weighted by Gasteiger charge is -2.23. The van der Waals surface area contributed by atoms with Gasteiger partial charge in [-0.05, 0) is 24.6 Å². The Hall–Kier alpha value is -0.531. The highest BCUT2D eigenvalue weighted by Crippen LogP contribution is 2.06. The minimum absolute atomic E-state index is 0.116. The fourth-order valence-electron chi connectivity index (χ4n) is 1.50. The van der Waals surface area contributed by atoms with Crippen LogP contribution in [0.5, 0.6) is 0 Å². The number of aryl methyl sites for hydroxylation is 1. The second-order valence-electron chi connectivity index (χ2n) is 4.45. The van der Waals surface area contributed by atoms with Crippen molar-refractivity contribution in [3.63, 3.8) is 0 Å². The summed E-state index contributed by atoms with van der Waals surface area (Å²) in [5.41, 5.74) is 0.939. The maximum Gasteiger partial charge on any atom is 0.152 e. The first kappa shape index (κ1) is 19.5. The van der Waals surface area contributed by atoms with E-state index in [4.69, 9.17) is 46.4 Å². The number of halogens is 1. The molecule has 0 atom stereocenters. The van der Waals surface area contributed by atoms with Crippen LogP contribution < -0.4 is 0 Å². The smallest absolute Gasteiger partial charge is 0.152 e. The van der Waals surface area contributed by atoms with E-state index in [0.717, 1.165) is 5.56 Å². The van der Waals surface area contributed by atoms with E-state index in [-0.39, 0.29) is 5.56 Å². The summed E-state index contributed by atoms with van der Waals surface area (Å²) >= 11 is 0. The summed E-state index contributed by atoms with van der Waals surface area (Å²) in [6.45, 7) is 1.78. The van der Waals surface area contributed by atoms with Crippen LogP contribution in [-0.2, 0) is 0 Å². The fourth-order valence-corrected chi connectivity index (χ4v) is 1.50. The average Bonchev–Trinajstić information content (AvgIpc) is 2.27. The van der Waals surface area contributed by atoms with E-state index in [9.17, 15) is 9.18 Å². The molecule has 0 unspecified atom stereocenters. The Morgan fingerprint density at radius 1 is 1.00 bits per heavy atom. The van der Waals surface area contributed by atoms with Crippen molar-refractivity contribution in [2.45, 2.75) is 6.92 Å². The van der Waals surface area contributed by atoms with Crippen LogP contribution in [-0.4, -0.2) is 78.2 Å². The van der Waals surface area contributed by atoms with Crippen LogP contribution in [0.1, 0.15) is 15.9 Å². The van der Waals surface area contributed by atoms with Crippen LogP contribution in [0.4, 0.5) is 4.39 Å². The van der Waals surface area contributed by atoms with E-state index in [1.54, 1.807) is 13.0 Å². The number of hydrogen-bond acceptors (Lipinski definition) is 1. The molecule has 0 saturated carbocycles. The summed E-state index contributed by atoms with van der Waals surface area (Å²) in [7, 11) is 31.8. The summed E-state index contributed by atoms with van der Waals surface area (Å²) < 4.78 is 12.6. The molecule has 20 heavy (non-hydrogen) atoms. The van der Waals surface area contributed by atoms with Gasteiger partial charge in [-0.1, -0.05) is 6.07 Å². The van der Waals surface area contributed by atoms with Crippen molar-refractivity contribution in [2.24, 2.45) is 0 Å². The number of carbonyl (C=O) groups excluding carboxylic acids is 1. The second-order valence-corrected chi connectivity index (χ2v) is 4.45. The van der Waals surface area contributed by atoms with Crippen molar-refractivity contribution < 1.29 is 9.18 Å². The van der Waals surface area contributed by atoms with Gasteiger partial charge in [0.05, 0.1) is 5.56 Å². The Labute approximate surface area is 130 Å². The molecule has 0 saturated heterocycles. The first-order valence-electron chi connectivity index (χ1n) is 5.95. The zero-order valence-corrected chi connectivity index (χ0v) is 11.4. The highest BCUT2D eigenvalue weighted by atomic mass is 19.1. The SMILES string of the molecule is Cc1ccc(C=O)c(F)c1.[B]B([B])B(B([B])[B])B([B])[B]. The molecule has 0 aliphatic carbocycles. The van der Waals surface area contributed by atoms with Gasteiger partial charge in [0, 0.05) is 72.0 Å². The Kier molecular flexibility index (Phi) is 9.16. The third-order valence-corrected chi connectivity index (χ3v) is 2.62. The summed E-state index contributed by atoms with van der Waals surface area (Å²) in [4.78, 5) is 10.1. The molecule has 0 aliphatic rings. The Balaban J connectivity index is 0.000000361. The molecule has 82 valence electrons. The minimum Gasteiger partial charge on any atom is -0.298 e. The van der Waals surface area contributed by atoms with Crippen LogP contribution in [0.3, 0.4) is 0 Å². The van der Waals surface area contributed by atoms with Gasteiger partial charge >= 0.3 is 0 Å². The summed E-state index contributed by atoms with van der Waals surface area (Å²) in [6.07, 6.45) is -1.94. The normalized spacial score (nSPS) is 8.90. The fraction of sp³-hybridized carbons (Fsp3) is 0.125. The predicted molar refractivity (Wildman–Crippen MR) is 94.1 cm³/mol. The van der Waals surface area contributed by atoms with Crippen molar-refractivity contribution in [3.05, 3.63) is 35.1 Å². The molecule has 0 spiro atoms. The molecule has 0 aromatic heterocycles. The third kappa shape index (κ3) is 6.76. The van der Waals surface area contributed by atoms with Crippen molar-refractivity contribution in [3.8, 4) is 0 Å². The van der Waals surface area contributed by atoms with E-state index >= 15 is 0 Å². The Morgan fingerprint density at radius 2 is 1.45 bits per heavy atom. The van der Waals surface area contributed by atoms with Gasteiger partial charge in [-0.2, -0.15) is 0 Å². The van der Waals surface area contributed by atoms with E-state index < -0.39 is 31.4 Å². The standard InChI is InChI=1S/C8H7FO.B10/c1-6-2-3-7(5-10)8(9)4-6;1-7(2)10(8(3)4)9(5)6/h2-5H,1H3;. The van der Waals surface area contributed by atoms with E-state index in [1.807, 2.05) is 0 Å². The maximum absolute atomic E-state index is 12.6. The van der Waals surface area contributed by atoms with Gasteiger partial charge in [0.25, 0.3) is 0 Å². The van der Waals surface area contributed by atoms with Crippen molar-refractivity contribution in [1.82, 2.24) is 0 Å². The molecule has 0 heterocycles. The molecule has 1 nitrogen and oxygen atoms in total.